The maximum atomic E-state index is 11.0. The van der Waals surface area contributed by atoms with Crippen molar-refractivity contribution in [3.05, 3.63) is 0 Å². The molecule has 16 heavy (non-hydrogen) atoms. The van der Waals surface area contributed by atoms with E-state index in [0.717, 1.165) is 26.1 Å². The number of carbonyl (C=O) groups is 1. The van der Waals surface area contributed by atoms with Crippen LogP contribution in [0.4, 0.5) is 0 Å². The molecule has 2 N–H and O–H groups in total. The second kappa shape index (κ2) is 4.34. The van der Waals surface area contributed by atoms with Crippen LogP contribution in [0.25, 0.3) is 0 Å². The van der Waals surface area contributed by atoms with E-state index < -0.39 is 0 Å². The minimum Gasteiger partial charge on any atom is -0.352 e. The van der Waals surface area contributed by atoms with Gasteiger partial charge in [0.2, 0.25) is 5.91 Å². The maximum Gasteiger partial charge on any atom is 0.217 e. The highest BCUT2D eigenvalue weighted by atomic mass is 16.1. The van der Waals surface area contributed by atoms with Gasteiger partial charge < -0.3 is 10.6 Å². The van der Waals surface area contributed by atoms with Crippen LogP contribution in [0, 0.1) is 0 Å². The molecule has 0 aromatic carbocycles. The molecule has 0 spiro atoms. The summed E-state index contributed by atoms with van der Waals surface area (Å²) in [6.45, 7) is 9.33. The van der Waals surface area contributed by atoms with Gasteiger partial charge >= 0.3 is 0 Å². The van der Waals surface area contributed by atoms with Gasteiger partial charge in [-0.05, 0) is 26.7 Å². The molecule has 0 bridgehead atoms. The van der Waals surface area contributed by atoms with Gasteiger partial charge in [-0.15, -0.1) is 0 Å². The molecule has 1 amide bonds. The monoisotopic (exact) mass is 225 g/mol. The Labute approximate surface area is 97.8 Å². The Kier molecular flexibility index (Phi) is 3.22. The molecule has 92 valence electrons. The second-order valence-electron chi connectivity index (χ2n) is 5.80. The summed E-state index contributed by atoms with van der Waals surface area (Å²) in [4.78, 5) is 13.5. The highest BCUT2D eigenvalue weighted by Crippen LogP contribution is 2.25. The first kappa shape index (κ1) is 11.9. The lowest BCUT2D eigenvalue weighted by molar-refractivity contribution is -0.119. The van der Waals surface area contributed by atoms with Crippen LogP contribution >= 0.6 is 0 Å². The standard InChI is InChI=1S/C12H23N3O/c1-9(16)14-10-4-5-15(8-10)11-6-12(2,3)13-7-11/h10-11,13H,4-8H2,1-3H3,(H,14,16). The summed E-state index contributed by atoms with van der Waals surface area (Å²) in [6.07, 6.45) is 2.30. The Hall–Kier alpha value is -0.610. The van der Waals surface area contributed by atoms with Crippen molar-refractivity contribution in [2.75, 3.05) is 19.6 Å². The summed E-state index contributed by atoms with van der Waals surface area (Å²) in [6, 6.07) is 1.01. The van der Waals surface area contributed by atoms with Gasteiger partial charge in [0.25, 0.3) is 0 Å². The van der Waals surface area contributed by atoms with E-state index in [2.05, 4.69) is 29.4 Å². The number of hydrogen-bond donors (Lipinski definition) is 2. The lowest BCUT2D eigenvalue weighted by Crippen LogP contribution is -2.39. The Morgan fingerprint density at radius 2 is 2.25 bits per heavy atom. The Morgan fingerprint density at radius 1 is 1.50 bits per heavy atom. The van der Waals surface area contributed by atoms with E-state index in [4.69, 9.17) is 0 Å². The zero-order valence-electron chi connectivity index (χ0n) is 10.5. The van der Waals surface area contributed by atoms with Gasteiger partial charge in [-0.3, -0.25) is 9.69 Å². The molecule has 2 heterocycles. The summed E-state index contributed by atoms with van der Waals surface area (Å²) in [5.41, 5.74) is 0.275. The van der Waals surface area contributed by atoms with Crippen LogP contribution in [0.2, 0.25) is 0 Å². The third kappa shape index (κ3) is 2.74. The van der Waals surface area contributed by atoms with Gasteiger partial charge in [0, 0.05) is 44.2 Å². The molecular weight excluding hydrogens is 202 g/mol. The fourth-order valence-corrected chi connectivity index (χ4v) is 2.91. The van der Waals surface area contributed by atoms with Crippen molar-refractivity contribution in [2.45, 2.75) is 51.2 Å². The molecule has 4 nitrogen and oxygen atoms in total. The van der Waals surface area contributed by atoms with E-state index in [0.29, 0.717) is 12.1 Å². The van der Waals surface area contributed by atoms with E-state index >= 15 is 0 Å². The molecule has 0 radical (unpaired) electrons. The average Bonchev–Trinajstić information content (AvgIpc) is 2.71. The fourth-order valence-electron chi connectivity index (χ4n) is 2.91. The molecule has 2 aliphatic heterocycles. The molecular formula is C12H23N3O. The number of hydrogen-bond acceptors (Lipinski definition) is 3. The SMILES string of the molecule is CC(=O)NC1CCN(C2CNC(C)(C)C2)C1. The van der Waals surface area contributed by atoms with E-state index in [9.17, 15) is 4.79 Å². The van der Waals surface area contributed by atoms with Crippen LogP contribution in [0.15, 0.2) is 0 Å². The predicted molar refractivity (Wildman–Crippen MR) is 64.3 cm³/mol. The highest BCUT2D eigenvalue weighted by Gasteiger charge is 2.36. The molecule has 2 saturated heterocycles. The van der Waals surface area contributed by atoms with Gasteiger partial charge in [0.1, 0.15) is 0 Å². The third-order valence-electron chi connectivity index (χ3n) is 3.71. The first-order valence-corrected chi connectivity index (χ1v) is 6.22. The van der Waals surface area contributed by atoms with E-state index in [-0.39, 0.29) is 11.4 Å². The van der Waals surface area contributed by atoms with Crippen molar-refractivity contribution in [1.82, 2.24) is 15.5 Å². The number of carbonyl (C=O) groups excluding carboxylic acids is 1. The Balaban J connectivity index is 1.83. The van der Waals surface area contributed by atoms with Crippen LogP contribution in [-0.4, -0.2) is 48.1 Å². The van der Waals surface area contributed by atoms with Crippen LogP contribution in [0.1, 0.15) is 33.6 Å². The number of rotatable bonds is 2. The normalized spacial score (nSPS) is 34.2. The zero-order valence-corrected chi connectivity index (χ0v) is 10.5. The van der Waals surface area contributed by atoms with Crippen LogP contribution in [0.5, 0.6) is 0 Å². The largest absolute Gasteiger partial charge is 0.352 e. The lowest BCUT2D eigenvalue weighted by atomic mass is 10.0. The summed E-state index contributed by atoms with van der Waals surface area (Å²) in [7, 11) is 0. The smallest absolute Gasteiger partial charge is 0.217 e. The number of amides is 1. The van der Waals surface area contributed by atoms with Gasteiger partial charge in [-0.2, -0.15) is 0 Å². The quantitative estimate of drug-likeness (QED) is 0.712. The van der Waals surface area contributed by atoms with Crippen molar-refractivity contribution in [1.29, 1.82) is 0 Å². The fraction of sp³-hybridized carbons (Fsp3) is 0.917. The third-order valence-corrected chi connectivity index (χ3v) is 3.71. The van der Waals surface area contributed by atoms with Crippen LogP contribution in [-0.2, 0) is 4.79 Å². The Bertz CT molecular complexity index is 277. The molecule has 0 aromatic heterocycles. The molecule has 2 rings (SSSR count). The molecule has 0 aliphatic carbocycles. The molecule has 2 aliphatic rings. The molecule has 0 aromatic rings. The van der Waals surface area contributed by atoms with Crippen molar-refractivity contribution >= 4 is 5.91 Å². The van der Waals surface area contributed by atoms with Crippen LogP contribution in [0.3, 0.4) is 0 Å². The highest BCUT2D eigenvalue weighted by molar-refractivity contribution is 5.73. The van der Waals surface area contributed by atoms with Crippen molar-refractivity contribution in [3.8, 4) is 0 Å². The second-order valence-corrected chi connectivity index (χ2v) is 5.80. The number of nitrogens with one attached hydrogen (secondary N) is 2. The minimum atomic E-state index is 0.0942. The Morgan fingerprint density at radius 3 is 2.81 bits per heavy atom. The first-order chi connectivity index (χ1) is 7.46. The molecule has 2 atom stereocenters. The molecule has 0 saturated carbocycles. The lowest BCUT2D eigenvalue weighted by Gasteiger charge is -2.24. The molecule has 2 fully saturated rings. The van der Waals surface area contributed by atoms with Crippen molar-refractivity contribution < 1.29 is 4.79 Å². The van der Waals surface area contributed by atoms with E-state index in [1.165, 1.54) is 6.42 Å². The predicted octanol–water partition coefficient (Wildman–Crippen LogP) is 0.337. The maximum absolute atomic E-state index is 11.0. The van der Waals surface area contributed by atoms with Crippen LogP contribution < -0.4 is 10.6 Å². The minimum absolute atomic E-state index is 0.0942. The van der Waals surface area contributed by atoms with Gasteiger partial charge in [-0.1, -0.05) is 0 Å². The summed E-state index contributed by atoms with van der Waals surface area (Å²) in [5, 5.41) is 6.56. The summed E-state index contributed by atoms with van der Waals surface area (Å²) in [5.74, 6) is 0.0942. The van der Waals surface area contributed by atoms with E-state index in [1.54, 1.807) is 6.92 Å². The summed E-state index contributed by atoms with van der Waals surface area (Å²) < 4.78 is 0. The van der Waals surface area contributed by atoms with Crippen molar-refractivity contribution in [2.24, 2.45) is 0 Å². The topological polar surface area (TPSA) is 44.4 Å². The van der Waals surface area contributed by atoms with E-state index in [1.807, 2.05) is 0 Å². The van der Waals surface area contributed by atoms with Crippen molar-refractivity contribution in [3.63, 3.8) is 0 Å². The molecule has 4 heteroatoms. The zero-order chi connectivity index (χ0) is 11.8. The summed E-state index contributed by atoms with van der Waals surface area (Å²) >= 11 is 0. The number of likely N-dealkylation sites (tertiary alicyclic amines) is 1. The molecule has 2 unspecified atom stereocenters. The first-order valence-electron chi connectivity index (χ1n) is 6.22. The van der Waals surface area contributed by atoms with Gasteiger partial charge in [0.05, 0.1) is 0 Å². The van der Waals surface area contributed by atoms with Gasteiger partial charge in [0.15, 0.2) is 0 Å². The number of nitrogens with zero attached hydrogens (tertiary/aromatic N) is 1. The van der Waals surface area contributed by atoms with Gasteiger partial charge in [-0.25, -0.2) is 0 Å². The average molecular weight is 225 g/mol.